The first-order valence-corrected chi connectivity index (χ1v) is 8.12. The second-order valence-corrected chi connectivity index (χ2v) is 5.97. The average Bonchev–Trinajstić information content (AvgIpc) is 2.61. The Morgan fingerprint density at radius 3 is 2.38 bits per heavy atom. The molecule has 0 fully saturated rings. The van der Waals surface area contributed by atoms with Gasteiger partial charge >= 0.3 is 0 Å². The van der Waals surface area contributed by atoms with Gasteiger partial charge in [-0.05, 0) is 56.2 Å². The molecule has 0 bridgehead atoms. The third kappa shape index (κ3) is 4.02. The van der Waals surface area contributed by atoms with Crippen LogP contribution in [0.15, 0.2) is 47.5 Å². The number of para-hydroxylation sites is 1. The summed E-state index contributed by atoms with van der Waals surface area (Å²) < 4.78 is 0. The van der Waals surface area contributed by atoms with E-state index in [2.05, 4.69) is 11.9 Å². The SMILES string of the molecule is CCN(C)/C=N/c1cc(C)c(C(=O)N(C)c2ccccc2)cc1C. The maximum Gasteiger partial charge on any atom is 0.258 e. The molecule has 4 heteroatoms. The van der Waals surface area contributed by atoms with E-state index in [0.29, 0.717) is 5.56 Å². The van der Waals surface area contributed by atoms with E-state index in [1.807, 2.05) is 74.6 Å². The van der Waals surface area contributed by atoms with Gasteiger partial charge in [-0.15, -0.1) is 0 Å². The van der Waals surface area contributed by atoms with Crippen molar-refractivity contribution in [2.75, 3.05) is 25.5 Å². The van der Waals surface area contributed by atoms with E-state index in [9.17, 15) is 4.79 Å². The van der Waals surface area contributed by atoms with Gasteiger partial charge in [-0.2, -0.15) is 0 Å². The Hall–Kier alpha value is -2.62. The van der Waals surface area contributed by atoms with Crippen LogP contribution in [0.3, 0.4) is 0 Å². The smallest absolute Gasteiger partial charge is 0.258 e. The number of amides is 1. The quantitative estimate of drug-likeness (QED) is 0.611. The van der Waals surface area contributed by atoms with E-state index in [1.54, 1.807) is 11.9 Å². The highest BCUT2D eigenvalue weighted by molar-refractivity contribution is 6.07. The molecule has 0 atom stereocenters. The maximum atomic E-state index is 12.8. The number of carbonyl (C=O) groups excluding carboxylic acids is 1. The summed E-state index contributed by atoms with van der Waals surface area (Å²) >= 11 is 0. The van der Waals surface area contributed by atoms with Crippen molar-refractivity contribution in [3.63, 3.8) is 0 Å². The van der Waals surface area contributed by atoms with Crippen molar-refractivity contribution in [1.29, 1.82) is 0 Å². The number of hydrogen-bond donors (Lipinski definition) is 0. The van der Waals surface area contributed by atoms with Crippen LogP contribution < -0.4 is 4.90 Å². The molecule has 0 saturated heterocycles. The van der Waals surface area contributed by atoms with Gasteiger partial charge in [0.2, 0.25) is 0 Å². The minimum absolute atomic E-state index is 0.0111. The second-order valence-electron chi connectivity index (χ2n) is 5.97. The Kier molecular flexibility index (Phi) is 5.74. The second kappa shape index (κ2) is 7.77. The van der Waals surface area contributed by atoms with Crippen molar-refractivity contribution in [1.82, 2.24) is 4.90 Å². The van der Waals surface area contributed by atoms with E-state index in [4.69, 9.17) is 0 Å². The van der Waals surface area contributed by atoms with E-state index < -0.39 is 0 Å². The molecular formula is C20H25N3O. The van der Waals surface area contributed by atoms with E-state index in [-0.39, 0.29) is 5.91 Å². The topological polar surface area (TPSA) is 35.9 Å². The van der Waals surface area contributed by atoms with Crippen molar-refractivity contribution in [2.45, 2.75) is 20.8 Å². The summed E-state index contributed by atoms with van der Waals surface area (Å²) in [5, 5.41) is 0. The fourth-order valence-electron chi connectivity index (χ4n) is 2.36. The van der Waals surface area contributed by atoms with Gasteiger partial charge in [0.15, 0.2) is 0 Å². The maximum absolute atomic E-state index is 12.8. The molecule has 0 aliphatic heterocycles. The lowest BCUT2D eigenvalue weighted by Gasteiger charge is -2.19. The Morgan fingerprint density at radius 1 is 1.08 bits per heavy atom. The molecule has 0 heterocycles. The van der Waals surface area contributed by atoms with Crippen LogP contribution in [0, 0.1) is 13.8 Å². The zero-order chi connectivity index (χ0) is 17.7. The highest BCUT2D eigenvalue weighted by Gasteiger charge is 2.17. The van der Waals surface area contributed by atoms with Crippen LogP contribution >= 0.6 is 0 Å². The summed E-state index contributed by atoms with van der Waals surface area (Å²) in [6.07, 6.45) is 1.82. The van der Waals surface area contributed by atoms with E-state index in [0.717, 1.165) is 29.0 Å². The number of carbonyl (C=O) groups is 1. The van der Waals surface area contributed by atoms with Crippen LogP contribution in [0.25, 0.3) is 0 Å². The number of anilines is 1. The molecule has 24 heavy (non-hydrogen) atoms. The molecular weight excluding hydrogens is 298 g/mol. The molecule has 2 aromatic rings. The summed E-state index contributed by atoms with van der Waals surface area (Å²) in [6, 6.07) is 13.6. The van der Waals surface area contributed by atoms with Gasteiger partial charge in [-0.25, -0.2) is 4.99 Å². The molecule has 4 nitrogen and oxygen atoms in total. The lowest BCUT2D eigenvalue weighted by atomic mass is 10.0. The number of aryl methyl sites for hydroxylation is 2. The van der Waals surface area contributed by atoms with Gasteiger partial charge in [-0.1, -0.05) is 18.2 Å². The Morgan fingerprint density at radius 2 is 1.75 bits per heavy atom. The Balaban J connectivity index is 2.30. The minimum atomic E-state index is -0.0111. The number of hydrogen-bond acceptors (Lipinski definition) is 2. The van der Waals surface area contributed by atoms with Crippen molar-refractivity contribution in [2.24, 2.45) is 4.99 Å². The summed E-state index contributed by atoms with van der Waals surface area (Å²) in [5.74, 6) is -0.0111. The molecule has 0 aliphatic carbocycles. The Labute approximate surface area is 144 Å². The zero-order valence-electron chi connectivity index (χ0n) is 15.1. The third-order valence-corrected chi connectivity index (χ3v) is 4.11. The molecule has 0 saturated carbocycles. The molecule has 2 aromatic carbocycles. The highest BCUT2D eigenvalue weighted by Crippen LogP contribution is 2.25. The molecule has 2 rings (SSSR count). The van der Waals surface area contributed by atoms with Crippen LogP contribution in [0.4, 0.5) is 11.4 Å². The number of benzene rings is 2. The Bertz CT molecular complexity index is 738. The largest absolute Gasteiger partial charge is 0.366 e. The summed E-state index contributed by atoms with van der Waals surface area (Å²) in [6.45, 7) is 6.91. The van der Waals surface area contributed by atoms with Crippen molar-refractivity contribution in [3.05, 3.63) is 59.2 Å². The van der Waals surface area contributed by atoms with Crippen molar-refractivity contribution >= 4 is 23.6 Å². The number of aliphatic imine (C=N–C) groups is 1. The standard InChI is InChI=1S/C20H25N3O/c1-6-22(4)14-21-19-13-15(2)18(12-16(19)3)20(24)23(5)17-10-8-7-9-11-17/h7-14H,6H2,1-5H3/b21-14+. The monoisotopic (exact) mass is 323 g/mol. The molecule has 0 unspecified atom stereocenters. The number of rotatable bonds is 5. The normalized spacial score (nSPS) is 10.9. The fraction of sp³-hybridized carbons (Fsp3) is 0.300. The predicted molar refractivity (Wildman–Crippen MR) is 102 cm³/mol. The number of nitrogens with zero attached hydrogens (tertiary/aromatic N) is 3. The lowest BCUT2D eigenvalue weighted by molar-refractivity contribution is 0.0992. The van der Waals surface area contributed by atoms with E-state index >= 15 is 0 Å². The summed E-state index contributed by atoms with van der Waals surface area (Å²) in [5.41, 5.74) is 4.41. The predicted octanol–water partition coefficient (Wildman–Crippen LogP) is 4.19. The van der Waals surface area contributed by atoms with Crippen LogP contribution in [0.1, 0.15) is 28.4 Å². The average molecular weight is 323 g/mol. The van der Waals surface area contributed by atoms with Crippen LogP contribution in [0.2, 0.25) is 0 Å². The first kappa shape index (κ1) is 17.7. The first-order chi connectivity index (χ1) is 11.4. The molecule has 0 aliphatic rings. The molecule has 0 N–H and O–H groups in total. The molecule has 126 valence electrons. The lowest BCUT2D eigenvalue weighted by Crippen LogP contribution is -2.26. The molecule has 1 amide bonds. The van der Waals surface area contributed by atoms with Gasteiger partial charge in [0.1, 0.15) is 0 Å². The van der Waals surface area contributed by atoms with Gasteiger partial charge in [0.05, 0.1) is 12.0 Å². The van der Waals surface area contributed by atoms with Crippen LogP contribution in [-0.4, -0.2) is 37.8 Å². The van der Waals surface area contributed by atoms with Crippen molar-refractivity contribution in [3.8, 4) is 0 Å². The zero-order valence-corrected chi connectivity index (χ0v) is 15.1. The molecule has 0 radical (unpaired) electrons. The molecule has 0 spiro atoms. The van der Waals surface area contributed by atoms with Gasteiger partial charge in [-0.3, -0.25) is 4.79 Å². The van der Waals surface area contributed by atoms with Crippen LogP contribution in [-0.2, 0) is 0 Å². The first-order valence-electron chi connectivity index (χ1n) is 8.12. The summed E-state index contributed by atoms with van der Waals surface area (Å²) in [7, 11) is 3.78. The fourth-order valence-corrected chi connectivity index (χ4v) is 2.36. The van der Waals surface area contributed by atoms with Crippen molar-refractivity contribution < 1.29 is 4.79 Å². The van der Waals surface area contributed by atoms with Gasteiger partial charge in [0, 0.05) is 31.9 Å². The highest BCUT2D eigenvalue weighted by atomic mass is 16.2. The van der Waals surface area contributed by atoms with Crippen LogP contribution in [0.5, 0.6) is 0 Å². The molecule has 0 aromatic heterocycles. The third-order valence-electron chi connectivity index (χ3n) is 4.11. The van der Waals surface area contributed by atoms with Gasteiger partial charge in [0.25, 0.3) is 5.91 Å². The van der Waals surface area contributed by atoms with E-state index in [1.165, 1.54) is 0 Å². The van der Waals surface area contributed by atoms with Gasteiger partial charge < -0.3 is 9.80 Å². The minimum Gasteiger partial charge on any atom is -0.366 e. The summed E-state index contributed by atoms with van der Waals surface area (Å²) in [4.78, 5) is 21.0.